The number of aryl methyl sites for hydroxylation is 3. The highest BCUT2D eigenvalue weighted by Crippen LogP contribution is 2.43. The molecule has 3 aromatic carbocycles. The summed E-state index contributed by atoms with van der Waals surface area (Å²) in [7, 11) is 0. The lowest BCUT2D eigenvalue weighted by Crippen LogP contribution is -2.49. The lowest BCUT2D eigenvalue weighted by molar-refractivity contribution is -0.135. The molecule has 0 unspecified atom stereocenters. The number of para-hydroxylation sites is 2. The van der Waals surface area contributed by atoms with Crippen LogP contribution in [0.2, 0.25) is 0 Å². The molecule has 0 fully saturated rings. The Morgan fingerprint density at radius 3 is 2.19 bits per heavy atom. The summed E-state index contributed by atoms with van der Waals surface area (Å²) in [4.78, 5) is 19.3. The van der Waals surface area contributed by atoms with Gasteiger partial charge in [0.15, 0.2) is 0 Å². The van der Waals surface area contributed by atoms with Crippen molar-refractivity contribution in [3.05, 3.63) is 93.5 Å². The third kappa shape index (κ3) is 2.83. The molecule has 0 saturated heterocycles. The molecule has 2 heterocycles. The molecule has 1 amide bonds. The maximum absolute atomic E-state index is 13.5. The smallest absolute Gasteiger partial charge is 0.267 e. The third-order valence-corrected chi connectivity index (χ3v) is 6.13. The Morgan fingerprint density at radius 2 is 1.52 bits per heavy atom. The molecule has 0 N–H and O–H groups in total. The van der Waals surface area contributed by atoms with Gasteiger partial charge in [-0.1, -0.05) is 35.9 Å². The van der Waals surface area contributed by atoms with Crippen molar-refractivity contribution in [2.75, 3.05) is 10.0 Å². The van der Waals surface area contributed by atoms with Crippen LogP contribution in [0.15, 0.2) is 59.8 Å². The Hall–Kier alpha value is -3.64. The predicted molar refractivity (Wildman–Crippen MR) is 122 cm³/mol. The molecule has 31 heavy (non-hydrogen) atoms. The zero-order valence-corrected chi connectivity index (χ0v) is 18.3. The second kappa shape index (κ2) is 6.96. The van der Waals surface area contributed by atoms with Gasteiger partial charge in [-0.15, -0.1) is 0 Å². The van der Waals surface area contributed by atoms with Gasteiger partial charge in [-0.25, -0.2) is 0 Å². The summed E-state index contributed by atoms with van der Waals surface area (Å²) >= 11 is 0. The molecule has 156 valence electrons. The van der Waals surface area contributed by atoms with Crippen molar-refractivity contribution >= 4 is 23.1 Å². The van der Waals surface area contributed by atoms with Crippen LogP contribution in [0.1, 0.15) is 43.7 Å². The van der Waals surface area contributed by atoms with E-state index in [0.29, 0.717) is 11.4 Å². The summed E-state index contributed by atoms with van der Waals surface area (Å²) in [6.45, 7) is 10.4. The van der Waals surface area contributed by atoms with E-state index in [2.05, 4.69) is 38.9 Å². The van der Waals surface area contributed by atoms with E-state index < -0.39 is 0 Å². The average molecular weight is 412 g/mol. The lowest BCUT2D eigenvalue weighted by atomic mass is 9.93. The number of oxime groups is 1. The van der Waals surface area contributed by atoms with E-state index in [0.717, 1.165) is 33.6 Å². The van der Waals surface area contributed by atoms with E-state index in [9.17, 15) is 4.79 Å². The molecule has 2 aliphatic rings. The number of hydrogen-bond acceptors (Lipinski definition) is 5. The summed E-state index contributed by atoms with van der Waals surface area (Å²) in [6.07, 6.45) is 0. The van der Waals surface area contributed by atoms with Gasteiger partial charge in [0.2, 0.25) is 5.84 Å². The molecule has 2 aliphatic heterocycles. The van der Waals surface area contributed by atoms with Crippen molar-refractivity contribution < 1.29 is 9.73 Å². The number of hydrazine groups is 2. The fraction of sp³-hybridized carbons (Fsp3) is 0.200. The van der Waals surface area contributed by atoms with Gasteiger partial charge < -0.3 is 0 Å². The van der Waals surface area contributed by atoms with Crippen LogP contribution in [-0.2, 0) is 4.94 Å². The SMILES string of the molecule is Cc1cccc(C(=O)N2c3ccccc3N3C(c4c(C)c(C)cc(C)c4C)=NON23)c1. The standard InChI is InChI=1S/C25H24N4O2/c1-15-9-8-10-20(13-15)25(30)28-22-12-7-6-11-21(22)27-24(26-31-29(27)28)23-18(4)16(2)14-17(3)19(23)5/h6-14H,1-5H3. The van der Waals surface area contributed by atoms with Gasteiger partial charge in [0.25, 0.3) is 5.91 Å². The van der Waals surface area contributed by atoms with E-state index in [4.69, 9.17) is 4.94 Å². The molecule has 0 spiro atoms. The normalized spacial score (nSPS) is 14.9. The molecule has 0 bridgehead atoms. The zero-order valence-electron chi connectivity index (χ0n) is 18.3. The molecule has 0 aromatic heterocycles. The van der Waals surface area contributed by atoms with Crippen molar-refractivity contribution in [2.45, 2.75) is 34.6 Å². The van der Waals surface area contributed by atoms with Crippen molar-refractivity contribution in [2.24, 2.45) is 5.16 Å². The number of hydrogen-bond donors (Lipinski definition) is 0. The minimum Gasteiger partial charge on any atom is -0.267 e. The van der Waals surface area contributed by atoms with Gasteiger partial charge in [-0.2, -0.15) is 10.0 Å². The minimum atomic E-state index is -0.177. The number of amidine groups is 1. The van der Waals surface area contributed by atoms with Crippen LogP contribution < -0.4 is 10.0 Å². The van der Waals surface area contributed by atoms with Gasteiger partial charge in [-0.05, 0) is 86.3 Å². The Bertz CT molecular complexity index is 1240. The third-order valence-electron chi connectivity index (χ3n) is 6.13. The molecule has 0 saturated carbocycles. The molecular weight excluding hydrogens is 388 g/mol. The molecule has 0 atom stereocenters. The van der Waals surface area contributed by atoms with Crippen molar-refractivity contribution in [1.82, 2.24) is 5.28 Å². The summed E-state index contributed by atoms with van der Waals surface area (Å²) < 4.78 is 0. The first-order valence-electron chi connectivity index (χ1n) is 10.3. The average Bonchev–Trinajstić information content (AvgIpc) is 3.31. The number of carbonyl (C=O) groups is 1. The van der Waals surface area contributed by atoms with E-state index in [1.807, 2.05) is 60.5 Å². The Labute approximate surface area is 181 Å². The van der Waals surface area contributed by atoms with Gasteiger partial charge in [0, 0.05) is 11.1 Å². The molecule has 5 rings (SSSR count). The summed E-state index contributed by atoms with van der Waals surface area (Å²) in [5.74, 6) is 0.498. The van der Waals surface area contributed by atoms with Gasteiger partial charge >= 0.3 is 0 Å². The maximum atomic E-state index is 13.5. The predicted octanol–water partition coefficient (Wildman–Crippen LogP) is 5.13. The van der Waals surface area contributed by atoms with Gasteiger partial charge in [0.05, 0.1) is 16.7 Å². The monoisotopic (exact) mass is 412 g/mol. The minimum absolute atomic E-state index is 0.177. The molecule has 6 heteroatoms. The summed E-state index contributed by atoms with van der Waals surface area (Å²) in [5, 5.41) is 9.27. The highest BCUT2D eigenvalue weighted by molar-refractivity contribution is 6.17. The van der Waals surface area contributed by atoms with E-state index >= 15 is 0 Å². The van der Waals surface area contributed by atoms with E-state index in [-0.39, 0.29) is 5.91 Å². The van der Waals surface area contributed by atoms with Crippen LogP contribution in [0.3, 0.4) is 0 Å². The topological polar surface area (TPSA) is 48.4 Å². The number of carbonyl (C=O) groups excluding carboxylic acids is 1. The Kier molecular flexibility index (Phi) is 4.34. The highest BCUT2D eigenvalue weighted by atomic mass is 16.9. The number of benzene rings is 3. The van der Waals surface area contributed by atoms with Crippen LogP contribution >= 0.6 is 0 Å². The first-order valence-corrected chi connectivity index (χ1v) is 10.3. The fourth-order valence-corrected chi connectivity index (χ4v) is 4.27. The summed E-state index contributed by atoms with van der Waals surface area (Å²) in [5.41, 5.74) is 8.92. The first-order chi connectivity index (χ1) is 14.9. The largest absolute Gasteiger partial charge is 0.277 e. The number of anilines is 2. The van der Waals surface area contributed by atoms with Crippen LogP contribution in [-0.4, -0.2) is 17.0 Å². The summed E-state index contributed by atoms with van der Waals surface area (Å²) in [6, 6.07) is 17.5. The highest BCUT2D eigenvalue weighted by Gasteiger charge is 2.47. The van der Waals surface area contributed by atoms with Crippen molar-refractivity contribution in [1.29, 1.82) is 0 Å². The fourth-order valence-electron chi connectivity index (χ4n) is 4.27. The second-order valence-electron chi connectivity index (χ2n) is 8.17. The first kappa shape index (κ1) is 19.3. The van der Waals surface area contributed by atoms with Crippen molar-refractivity contribution in [3.63, 3.8) is 0 Å². The van der Waals surface area contributed by atoms with Crippen LogP contribution in [0.25, 0.3) is 0 Å². The molecule has 0 radical (unpaired) electrons. The van der Waals surface area contributed by atoms with Gasteiger partial charge in [0.1, 0.15) is 0 Å². The Morgan fingerprint density at radius 1 is 0.839 bits per heavy atom. The number of fused-ring (bicyclic) bond motifs is 3. The molecule has 0 aliphatic carbocycles. The van der Waals surface area contributed by atoms with Crippen LogP contribution in [0, 0.1) is 34.6 Å². The second-order valence-corrected chi connectivity index (χ2v) is 8.17. The zero-order chi connectivity index (χ0) is 21.9. The maximum Gasteiger partial charge on any atom is 0.277 e. The number of rotatable bonds is 2. The Balaban J connectivity index is 1.64. The molecular formula is C25H24N4O2. The van der Waals surface area contributed by atoms with Gasteiger partial charge in [-0.3, -0.25) is 9.73 Å². The van der Waals surface area contributed by atoms with Crippen LogP contribution in [0.5, 0.6) is 0 Å². The number of nitrogens with zero attached hydrogens (tertiary/aromatic N) is 4. The van der Waals surface area contributed by atoms with Crippen molar-refractivity contribution in [3.8, 4) is 0 Å². The molecule has 3 aromatic rings. The number of amides is 1. The van der Waals surface area contributed by atoms with E-state index in [1.165, 1.54) is 21.4 Å². The lowest BCUT2D eigenvalue weighted by Gasteiger charge is -2.25. The molecule has 6 nitrogen and oxygen atoms in total. The quantitative estimate of drug-likeness (QED) is 0.585. The van der Waals surface area contributed by atoms with Crippen LogP contribution in [0.4, 0.5) is 11.4 Å². The van der Waals surface area contributed by atoms with E-state index in [1.54, 1.807) is 0 Å².